The average molecular weight is 546 g/mol. The van der Waals surface area contributed by atoms with Crippen molar-refractivity contribution in [2.75, 3.05) is 19.0 Å². The Bertz CT molecular complexity index is 1290. The molecule has 5 N–H and O–H groups in total. The molecule has 0 aliphatic rings. The number of nitrogens with two attached hydrogens (primary N) is 1. The molecular weight excluding hydrogens is 526 g/mol. The average Bonchev–Trinajstić information content (AvgIpc) is 3.15. The van der Waals surface area contributed by atoms with Crippen LogP contribution >= 0.6 is 11.6 Å². The van der Waals surface area contributed by atoms with Gasteiger partial charge in [0.25, 0.3) is 5.91 Å². The Kier molecular flexibility index (Phi) is 9.43. The van der Waals surface area contributed by atoms with E-state index < -0.39 is 23.9 Å². The topological polar surface area (TPSA) is 153 Å². The zero-order valence-electron chi connectivity index (χ0n) is 19.2. The van der Waals surface area contributed by atoms with Crippen LogP contribution in [0.3, 0.4) is 0 Å². The minimum atomic E-state index is -5.08. The first-order valence-electron chi connectivity index (χ1n) is 9.97. The number of rotatable bonds is 7. The van der Waals surface area contributed by atoms with Crippen molar-refractivity contribution in [2.24, 2.45) is 12.8 Å². The van der Waals surface area contributed by atoms with E-state index >= 15 is 0 Å². The zero-order valence-corrected chi connectivity index (χ0v) is 19.9. The number of anilines is 1. The molecule has 15 heteroatoms. The highest BCUT2D eigenvalue weighted by molar-refractivity contribution is 6.33. The number of amides is 1. The van der Waals surface area contributed by atoms with Gasteiger partial charge in [-0.2, -0.15) is 18.3 Å². The molecule has 0 spiro atoms. The molecule has 0 fully saturated rings. The van der Waals surface area contributed by atoms with Gasteiger partial charge in [0.1, 0.15) is 29.8 Å². The molecule has 0 aliphatic heterocycles. The Balaban J connectivity index is 0.000000604. The van der Waals surface area contributed by atoms with Gasteiger partial charge in [-0.3, -0.25) is 14.9 Å². The summed E-state index contributed by atoms with van der Waals surface area (Å²) < 4.78 is 58.0. The number of hydrogen-bond acceptors (Lipinski definition) is 6. The zero-order chi connectivity index (χ0) is 27.9. The SMILES string of the molecule is COc1ccc(C(=O)Nc2ccc(OCC(=N)N)c(-c3c(Cl)cnn3C)c2)c(F)c1.O=C(O)C(F)(F)F. The van der Waals surface area contributed by atoms with E-state index in [1.54, 1.807) is 29.9 Å². The largest absolute Gasteiger partial charge is 0.497 e. The Hall–Kier alpha value is -4.33. The Morgan fingerprint density at radius 3 is 2.38 bits per heavy atom. The molecule has 0 radical (unpaired) electrons. The van der Waals surface area contributed by atoms with Gasteiger partial charge in [0.15, 0.2) is 0 Å². The van der Waals surface area contributed by atoms with Crippen LogP contribution in [0.5, 0.6) is 11.5 Å². The number of carbonyl (C=O) groups is 2. The first kappa shape index (κ1) is 28.9. The number of methoxy groups -OCH3 is 1. The van der Waals surface area contributed by atoms with Crippen LogP contribution in [-0.4, -0.2) is 52.5 Å². The lowest BCUT2D eigenvalue weighted by Crippen LogP contribution is -2.21. The summed E-state index contributed by atoms with van der Waals surface area (Å²) in [6, 6.07) is 8.78. The van der Waals surface area contributed by atoms with Crippen molar-refractivity contribution in [1.82, 2.24) is 9.78 Å². The van der Waals surface area contributed by atoms with E-state index in [0.29, 0.717) is 33.5 Å². The number of benzene rings is 2. The van der Waals surface area contributed by atoms with Crippen LogP contribution < -0.4 is 20.5 Å². The van der Waals surface area contributed by atoms with Gasteiger partial charge in [0.05, 0.1) is 29.6 Å². The number of amidine groups is 1. The molecule has 10 nitrogen and oxygen atoms in total. The van der Waals surface area contributed by atoms with Crippen molar-refractivity contribution < 1.29 is 41.7 Å². The van der Waals surface area contributed by atoms with E-state index in [2.05, 4.69) is 10.4 Å². The summed E-state index contributed by atoms with van der Waals surface area (Å²) in [7, 11) is 3.11. The van der Waals surface area contributed by atoms with Crippen LogP contribution in [0.15, 0.2) is 42.6 Å². The van der Waals surface area contributed by atoms with Crippen LogP contribution in [0.1, 0.15) is 10.4 Å². The van der Waals surface area contributed by atoms with Gasteiger partial charge in [-0.15, -0.1) is 0 Å². The van der Waals surface area contributed by atoms with Gasteiger partial charge >= 0.3 is 12.1 Å². The van der Waals surface area contributed by atoms with Crippen molar-refractivity contribution in [3.05, 3.63) is 59.0 Å². The first-order chi connectivity index (χ1) is 17.2. The van der Waals surface area contributed by atoms with E-state index in [1.807, 2.05) is 0 Å². The maximum atomic E-state index is 14.2. The van der Waals surface area contributed by atoms with Gasteiger partial charge in [-0.05, 0) is 30.3 Å². The lowest BCUT2D eigenvalue weighted by Gasteiger charge is -2.14. The maximum Gasteiger partial charge on any atom is 0.490 e. The molecule has 0 saturated carbocycles. The molecule has 1 amide bonds. The summed E-state index contributed by atoms with van der Waals surface area (Å²) in [6.45, 7) is -0.120. The van der Waals surface area contributed by atoms with Gasteiger partial charge in [-0.1, -0.05) is 11.6 Å². The number of carbonyl (C=O) groups excluding carboxylic acids is 1. The molecule has 37 heavy (non-hydrogen) atoms. The number of hydrogen-bond donors (Lipinski definition) is 4. The lowest BCUT2D eigenvalue weighted by molar-refractivity contribution is -0.192. The van der Waals surface area contributed by atoms with E-state index in [4.69, 9.17) is 42.1 Å². The summed E-state index contributed by atoms with van der Waals surface area (Å²) in [6.07, 6.45) is -3.61. The number of halogens is 5. The number of aromatic nitrogens is 2. The molecule has 3 aromatic rings. The second-order valence-corrected chi connectivity index (χ2v) is 7.50. The number of aryl methyl sites for hydroxylation is 1. The fourth-order valence-corrected chi connectivity index (χ4v) is 3.06. The molecule has 0 saturated heterocycles. The van der Waals surface area contributed by atoms with Crippen molar-refractivity contribution in [2.45, 2.75) is 6.18 Å². The Labute approximate surface area is 212 Å². The summed E-state index contributed by atoms with van der Waals surface area (Å²) in [5, 5.41) is 21.6. The van der Waals surface area contributed by atoms with Crippen LogP contribution in [0.25, 0.3) is 11.3 Å². The molecule has 0 atom stereocenters. The quantitative estimate of drug-likeness (QED) is 0.198. The number of aliphatic carboxylic acids is 1. The third-order valence-electron chi connectivity index (χ3n) is 4.43. The van der Waals surface area contributed by atoms with E-state index in [1.165, 1.54) is 25.4 Å². The maximum absolute atomic E-state index is 14.2. The molecule has 1 aromatic heterocycles. The number of carboxylic acids is 1. The molecule has 0 aliphatic carbocycles. The highest BCUT2D eigenvalue weighted by atomic mass is 35.5. The molecular formula is C22H20ClF4N5O5. The predicted octanol–water partition coefficient (Wildman–Crippen LogP) is 4.09. The van der Waals surface area contributed by atoms with E-state index in [0.717, 1.165) is 6.07 Å². The Morgan fingerprint density at radius 2 is 1.89 bits per heavy atom. The lowest BCUT2D eigenvalue weighted by atomic mass is 10.1. The predicted molar refractivity (Wildman–Crippen MR) is 126 cm³/mol. The fraction of sp³-hybridized carbons (Fsp3) is 0.182. The minimum absolute atomic E-state index is 0.120. The number of nitrogens with one attached hydrogen (secondary N) is 2. The molecule has 3 rings (SSSR count). The van der Waals surface area contributed by atoms with Crippen LogP contribution in [0.2, 0.25) is 5.02 Å². The third kappa shape index (κ3) is 7.83. The van der Waals surface area contributed by atoms with Crippen molar-refractivity contribution in [3.63, 3.8) is 0 Å². The molecule has 0 bridgehead atoms. The van der Waals surface area contributed by atoms with E-state index in [-0.39, 0.29) is 18.0 Å². The van der Waals surface area contributed by atoms with Crippen LogP contribution in [0, 0.1) is 11.2 Å². The van der Waals surface area contributed by atoms with Crippen molar-refractivity contribution in [3.8, 4) is 22.8 Å². The van der Waals surface area contributed by atoms with Gasteiger partial charge < -0.3 is 25.6 Å². The van der Waals surface area contributed by atoms with Crippen molar-refractivity contribution >= 4 is 35.0 Å². The standard InChI is InChI=1S/C20H19ClFN5O3.C2HF3O2/c1-27-19(15(21)9-25-27)14-7-11(3-6-17(14)30-10-18(23)24)26-20(28)13-5-4-12(29-2)8-16(13)22;3-2(4,5)1(6)7/h3-9H,10H2,1-2H3,(H3,23,24)(H,26,28);(H,6,7). The minimum Gasteiger partial charge on any atom is -0.497 e. The smallest absolute Gasteiger partial charge is 0.490 e. The van der Waals surface area contributed by atoms with Crippen molar-refractivity contribution in [1.29, 1.82) is 5.41 Å². The summed E-state index contributed by atoms with van der Waals surface area (Å²) >= 11 is 6.26. The van der Waals surface area contributed by atoms with Crippen LogP contribution in [0.4, 0.5) is 23.2 Å². The summed E-state index contributed by atoms with van der Waals surface area (Å²) in [5.41, 5.74) is 6.70. The summed E-state index contributed by atoms with van der Waals surface area (Å²) in [4.78, 5) is 21.5. The van der Waals surface area contributed by atoms with Gasteiger partial charge in [0.2, 0.25) is 0 Å². The normalized spacial score (nSPS) is 10.7. The third-order valence-corrected chi connectivity index (χ3v) is 4.71. The molecule has 2 aromatic carbocycles. The highest BCUT2D eigenvalue weighted by Gasteiger charge is 2.38. The molecule has 0 unspecified atom stereocenters. The number of alkyl halides is 3. The Morgan fingerprint density at radius 1 is 1.24 bits per heavy atom. The second-order valence-electron chi connectivity index (χ2n) is 7.09. The highest BCUT2D eigenvalue weighted by Crippen LogP contribution is 2.36. The molecule has 198 valence electrons. The number of nitrogens with zero attached hydrogens (tertiary/aromatic N) is 2. The molecule has 1 heterocycles. The van der Waals surface area contributed by atoms with Crippen LogP contribution in [-0.2, 0) is 11.8 Å². The van der Waals surface area contributed by atoms with Gasteiger partial charge in [0, 0.05) is 24.4 Å². The number of carboxylic acid groups (broad SMARTS) is 1. The monoisotopic (exact) mass is 545 g/mol. The second kappa shape index (κ2) is 12.1. The van der Waals surface area contributed by atoms with E-state index in [9.17, 15) is 22.4 Å². The van der Waals surface area contributed by atoms with Gasteiger partial charge in [-0.25, -0.2) is 9.18 Å². The fourth-order valence-electron chi connectivity index (χ4n) is 2.79. The first-order valence-corrected chi connectivity index (χ1v) is 10.3. The number of ether oxygens (including phenoxy) is 2. The summed E-state index contributed by atoms with van der Waals surface area (Å²) in [5.74, 6) is -3.54.